The van der Waals surface area contributed by atoms with Crippen molar-refractivity contribution in [3.05, 3.63) is 175 Å². The van der Waals surface area contributed by atoms with E-state index in [1.54, 1.807) is 0 Å². The topological polar surface area (TPSA) is 44.9 Å². The van der Waals surface area contributed by atoms with E-state index in [9.17, 15) is 5.26 Å². The van der Waals surface area contributed by atoms with Gasteiger partial charge in [-0.2, -0.15) is 5.26 Å². The van der Waals surface area contributed by atoms with Gasteiger partial charge >= 0.3 is 0 Å². The van der Waals surface area contributed by atoms with Gasteiger partial charge in [-0.25, -0.2) is 0 Å². The number of anilines is 2. The number of pyridine rings is 1. The molecule has 9 rings (SSSR count). The van der Waals surface area contributed by atoms with Crippen molar-refractivity contribution in [1.29, 1.82) is 5.26 Å². The summed E-state index contributed by atoms with van der Waals surface area (Å²) in [6.07, 6.45) is 8.78. The van der Waals surface area contributed by atoms with Crippen LogP contribution in [0, 0.1) is 11.3 Å². The molecule has 2 atom stereocenters. The molecule has 2 aromatic heterocycles. The van der Waals surface area contributed by atoms with Crippen LogP contribution in [0.2, 0.25) is 0 Å². The summed E-state index contributed by atoms with van der Waals surface area (Å²) in [7, 11) is 0. The van der Waals surface area contributed by atoms with Gasteiger partial charge in [0.2, 0.25) is 0 Å². The second-order valence-corrected chi connectivity index (χ2v) is 12.6. The average Bonchev–Trinajstić information content (AvgIpc) is 3.61. The third-order valence-electron chi connectivity index (χ3n) is 9.85. The van der Waals surface area contributed by atoms with Crippen LogP contribution in [-0.4, -0.2) is 15.6 Å². The Morgan fingerprint density at radius 1 is 0.702 bits per heavy atom. The molecule has 0 saturated heterocycles. The molecular weight excluding hydrogens is 573 g/mol. The molecule has 2 unspecified atom stereocenters. The van der Waals surface area contributed by atoms with Crippen molar-refractivity contribution in [1.82, 2.24) is 9.55 Å². The van der Waals surface area contributed by atoms with Gasteiger partial charge in [-0.1, -0.05) is 91.0 Å². The Labute approximate surface area is 273 Å². The van der Waals surface area contributed by atoms with E-state index in [4.69, 9.17) is 0 Å². The van der Waals surface area contributed by atoms with Crippen molar-refractivity contribution in [2.75, 3.05) is 4.90 Å². The van der Waals surface area contributed by atoms with Crippen molar-refractivity contribution in [2.45, 2.75) is 18.4 Å². The maximum atomic E-state index is 10.2. The van der Waals surface area contributed by atoms with E-state index >= 15 is 0 Å². The predicted molar refractivity (Wildman–Crippen MR) is 192 cm³/mol. The fourth-order valence-corrected chi connectivity index (χ4v) is 7.73. The number of fused-ring (bicyclic) bond motifs is 6. The van der Waals surface area contributed by atoms with E-state index in [1.165, 1.54) is 22.0 Å². The largest absolute Gasteiger partial charge is 0.333 e. The van der Waals surface area contributed by atoms with Crippen LogP contribution < -0.4 is 4.90 Å². The number of para-hydroxylation sites is 3. The van der Waals surface area contributed by atoms with E-state index in [0.29, 0.717) is 5.56 Å². The standard InChI is InChI=1S/C43H30N4/c1-43-27-31(38-16-8-9-22-45-38)20-21-42(43)47(41-19-7-4-15-37(41)43)33-12-10-11-30(25-33)32-23-29(28-44)24-34(26-32)46-39-17-5-2-13-35(39)36-14-3-6-18-40(36)46/h2-27,42H,1H3. The Kier molecular flexibility index (Phi) is 6.03. The molecular formula is C43H30N4. The Morgan fingerprint density at radius 2 is 1.43 bits per heavy atom. The number of aromatic nitrogens is 2. The molecule has 1 aliphatic carbocycles. The SMILES string of the molecule is CC12C=C(c3ccccn3)C=CC1N(c1cccc(-c3cc(C#N)cc(-n4c5ccccc5c5ccccc54)c3)c1)c1ccccc12. The summed E-state index contributed by atoms with van der Waals surface area (Å²) >= 11 is 0. The van der Waals surface area contributed by atoms with Gasteiger partial charge < -0.3 is 9.47 Å². The van der Waals surface area contributed by atoms with Gasteiger partial charge in [0.25, 0.3) is 0 Å². The summed E-state index contributed by atoms with van der Waals surface area (Å²) < 4.78 is 2.28. The molecule has 0 spiro atoms. The third kappa shape index (κ3) is 4.17. The molecule has 4 nitrogen and oxygen atoms in total. The number of hydrogen-bond acceptors (Lipinski definition) is 3. The average molecular weight is 603 g/mol. The van der Waals surface area contributed by atoms with Crippen LogP contribution in [0.25, 0.3) is 44.2 Å². The van der Waals surface area contributed by atoms with Crippen molar-refractivity contribution >= 4 is 38.8 Å². The Balaban J connectivity index is 1.17. The van der Waals surface area contributed by atoms with Gasteiger partial charge in [0.05, 0.1) is 34.4 Å². The lowest BCUT2D eigenvalue weighted by Crippen LogP contribution is -2.39. The summed E-state index contributed by atoms with van der Waals surface area (Å²) in [4.78, 5) is 7.10. The fraction of sp³-hybridized carbons (Fsp3) is 0.0698. The van der Waals surface area contributed by atoms with Crippen LogP contribution >= 0.6 is 0 Å². The third-order valence-corrected chi connectivity index (χ3v) is 9.85. The lowest BCUT2D eigenvalue weighted by Gasteiger charge is -2.36. The highest BCUT2D eigenvalue weighted by Crippen LogP contribution is 2.53. The summed E-state index contributed by atoms with van der Waals surface area (Å²) in [5, 5.41) is 12.6. The van der Waals surface area contributed by atoms with Crippen LogP contribution in [-0.2, 0) is 5.41 Å². The van der Waals surface area contributed by atoms with Crippen LogP contribution in [0.1, 0.15) is 23.7 Å². The normalized spacial score (nSPS) is 18.2. The molecule has 0 radical (unpaired) electrons. The Morgan fingerprint density at radius 3 is 2.19 bits per heavy atom. The molecule has 47 heavy (non-hydrogen) atoms. The molecule has 222 valence electrons. The molecule has 5 aromatic carbocycles. The second-order valence-electron chi connectivity index (χ2n) is 12.6. The van der Waals surface area contributed by atoms with E-state index in [2.05, 4.69) is 155 Å². The van der Waals surface area contributed by atoms with E-state index in [1.807, 2.05) is 30.5 Å². The molecule has 4 heteroatoms. The monoisotopic (exact) mass is 602 g/mol. The van der Waals surface area contributed by atoms with E-state index in [-0.39, 0.29) is 11.5 Å². The quantitative estimate of drug-likeness (QED) is 0.201. The van der Waals surface area contributed by atoms with Gasteiger partial charge in [0.1, 0.15) is 0 Å². The van der Waals surface area contributed by atoms with Crippen molar-refractivity contribution in [3.63, 3.8) is 0 Å². The smallest absolute Gasteiger partial charge is 0.0992 e. The summed E-state index contributed by atoms with van der Waals surface area (Å²) in [6.45, 7) is 2.33. The maximum Gasteiger partial charge on any atom is 0.0992 e. The molecule has 1 aliphatic heterocycles. The number of rotatable bonds is 4. The highest BCUT2D eigenvalue weighted by molar-refractivity contribution is 6.09. The van der Waals surface area contributed by atoms with Gasteiger partial charge in [0.15, 0.2) is 0 Å². The van der Waals surface area contributed by atoms with E-state index in [0.717, 1.165) is 44.8 Å². The molecule has 0 fully saturated rings. The maximum absolute atomic E-state index is 10.2. The van der Waals surface area contributed by atoms with Crippen LogP contribution in [0.4, 0.5) is 11.4 Å². The number of nitriles is 1. The van der Waals surface area contributed by atoms with Crippen molar-refractivity contribution < 1.29 is 0 Å². The molecule has 0 saturated carbocycles. The lowest BCUT2D eigenvalue weighted by atomic mass is 9.74. The van der Waals surface area contributed by atoms with Gasteiger partial charge in [-0.05, 0) is 89.9 Å². The number of benzene rings is 5. The molecule has 2 aliphatic rings. The summed E-state index contributed by atoms with van der Waals surface area (Å²) in [5.74, 6) is 0. The summed E-state index contributed by atoms with van der Waals surface area (Å²) in [6, 6.07) is 49.3. The first-order valence-electron chi connectivity index (χ1n) is 16.0. The Bertz CT molecular complexity index is 2410. The van der Waals surface area contributed by atoms with Crippen molar-refractivity contribution in [2.24, 2.45) is 0 Å². The number of nitrogens with zero attached hydrogens (tertiary/aromatic N) is 4. The van der Waals surface area contributed by atoms with Crippen molar-refractivity contribution in [3.8, 4) is 22.9 Å². The first-order valence-corrected chi connectivity index (χ1v) is 16.0. The van der Waals surface area contributed by atoms with E-state index < -0.39 is 0 Å². The zero-order valence-corrected chi connectivity index (χ0v) is 25.9. The number of allylic oxidation sites excluding steroid dienone is 2. The molecule has 0 bridgehead atoms. The fourth-order valence-electron chi connectivity index (χ4n) is 7.73. The summed E-state index contributed by atoms with van der Waals surface area (Å²) in [5.41, 5.74) is 11.4. The zero-order valence-electron chi connectivity index (χ0n) is 25.9. The minimum Gasteiger partial charge on any atom is -0.333 e. The Hall–Kier alpha value is -6.18. The van der Waals surface area contributed by atoms with Gasteiger partial charge in [-0.3, -0.25) is 4.98 Å². The molecule has 0 N–H and O–H groups in total. The molecule has 0 amide bonds. The lowest BCUT2D eigenvalue weighted by molar-refractivity contribution is 0.552. The van der Waals surface area contributed by atoms with Crippen LogP contribution in [0.15, 0.2) is 158 Å². The van der Waals surface area contributed by atoms with Crippen LogP contribution in [0.5, 0.6) is 0 Å². The van der Waals surface area contributed by atoms with Gasteiger partial charge in [-0.15, -0.1) is 0 Å². The number of hydrogen-bond donors (Lipinski definition) is 0. The highest BCUT2D eigenvalue weighted by atomic mass is 15.2. The zero-order chi connectivity index (χ0) is 31.5. The van der Waals surface area contributed by atoms with Gasteiger partial charge in [0, 0.05) is 39.4 Å². The first kappa shape index (κ1) is 27.2. The minimum absolute atomic E-state index is 0.0984. The highest BCUT2D eigenvalue weighted by Gasteiger charge is 2.47. The first-order chi connectivity index (χ1) is 23.1. The minimum atomic E-state index is -0.237. The second kappa shape index (κ2) is 10.4. The predicted octanol–water partition coefficient (Wildman–Crippen LogP) is 10.1. The molecule has 7 aromatic rings. The van der Waals surface area contributed by atoms with Crippen LogP contribution in [0.3, 0.4) is 0 Å². The molecule has 3 heterocycles.